The van der Waals surface area contributed by atoms with Crippen molar-refractivity contribution in [2.45, 2.75) is 102 Å². The van der Waals surface area contributed by atoms with Crippen LogP contribution in [0.5, 0.6) is 0 Å². The van der Waals surface area contributed by atoms with Gasteiger partial charge in [0.15, 0.2) is 5.78 Å². The monoisotopic (exact) mass is 958 g/mol. The number of amides is 2. The average molecular weight is 958 g/mol. The van der Waals surface area contributed by atoms with E-state index >= 15 is 0 Å². The van der Waals surface area contributed by atoms with Gasteiger partial charge in [0.2, 0.25) is 5.91 Å². The number of Topliss-reactive ketones (excluding diaryl/α,β-unsaturated/α-hetero) is 1. The molecule has 0 spiro atoms. The summed E-state index contributed by atoms with van der Waals surface area (Å²) in [6.07, 6.45) is 4.32. The van der Waals surface area contributed by atoms with Crippen molar-refractivity contribution in [1.29, 1.82) is 0 Å². The first-order valence-corrected chi connectivity index (χ1v) is 25.8. The molecule has 2 aromatic carbocycles. The first-order chi connectivity index (χ1) is 33.1. The largest absolute Gasteiger partial charge is 0.464 e. The Morgan fingerprint density at radius 1 is 0.986 bits per heavy atom. The average Bonchev–Trinajstić information content (AvgIpc) is 3.63. The van der Waals surface area contributed by atoms with Crippen molar-refractivity contribution < 1.29 is 33.4 Å². The zero-order valence-electron chi connectivity index (χ0n) is 41.2. The number of pyridine rings is 1. The Labute approximate surface area is 410 Å². The zero-order valence-corrected chi connectivity index (χ0v) is 42.2. The molecule has 3 radical (unpaired) electrons. The van der Waals surface area contributed by atoms with Crippen molar-refractivity contribution in [2.24, 2.45) is 17.3 Å². The van der Waals surface area contributed by atoms with Crippen LogP contribution in [0.4, 0.5) is 11.4 Å². The number of likely N-dealkylation sites (tertiary alicyclic amines) is 1. The van der Waals surface area contributed by atoms with Crippen LogP contribution in [0.25, 0.3) is 11.1 Å². The molecule has 15 nitrogen and oxygen atoms in total. The van der Waals surface area contributed by atoms with Gasteiger partial charge in [0.05, 0.1) is 71.4 Å². The number of likely N-dealkylation sites (N-methyl/N-ethyl adjacent to an activating group) is 1. The van der Waals surface area contributed by atoms with Gasteiger partial charge in [0.25, 0.3) is 5.91 Å². The molecule has 16 heteroatoms. The first-order valence-electron chi connectivity index (χ1n) is 25.3. The number of carbonyl (C=O) groups is 4. The maximum atomic E-state index is 14.9. The molecule has 4 saturated heterocycles. The second-order valence-electron chi connectivity index (χ2n) is 21.5. The third-order valence-electron chi connectivity index (χ3n) is 16.7. The van der Waals surface area contributed by atoms with Crippen LogP contribution in [-0.2, 0) is 45.2 Å². The van der Waals surface area contributed by atoms with Gasteiger partial charge in [-0.15, -0.1) is 0 Å². The Hall–Kier alpha value is -4.71. The van der Waals surface area contributed by atoms with Gasteiger partial charge in [-0.25, -0.2) is 5.43 Å². The van der Waals surface area contributed by atoms with Crippen LogP contribution >= 0.6 is 0 Å². The van der Waals surface area contributed by atoms with E-state index in [1.165, 1.54) is 17.5 Å². The quantitative estimate of drug-likeness (QED) is 0.256. The number of hydrazine groups is 1. The Morgan fingerprint density at radius 3 is 2.59 bits per heavy atom. The second kappa shape index (κ2) is 18.8. The molecule has 1 aliphatic carbocycles. The van der Waals surface area contributed by atoms with E-state index < -0.39 is 34.1 Å². The summed E-state index contributed by atoms with van der Waals surface area (Å²) in [5.41, 5.74) is 10.5. The van der Waals surface area contributed by atoms with Gasteiger partial charge in [0, 0.05) is 100 Å². The lowest BCUT2D eigenvalue weighted by molar-refractivity contribution is -0.160. The number of ketones is 1. The fourth-order valence-corrected chi connectivity index (χ4v) is 13.7. The number of hydrogen-bond acceptors (Lipinski definition) is 13. The summed E-state index contributed by atoms with van der Waals surface area (Å²) >= 11 is 0. The molecule has 69 heavy (non-hydrogen) atoms. The predicted octanol–water partition coefficient (Wildman–Crippen LogP) is 4.33. The number of piperazine rings is 1. The number of methoxy groups -OCH3 is 1. The number of cyclic esters (lactones) is 1. The summed E-state index contributed by atoms with van der Waals surface area (Å²) in [6.45, 7) is 18.0. The van der Waals surface area contributed by atoms with Gasteiger partial charge in [-0.05, 0) is 79.5 Å². The molecule has 6 bridgehead atoms. The second-order valence-corrected chi connectivity index (χ2v) is 22.4. The number of morpholine rings is 1. The first kappa shape index (κ1) is 47.9. The number of rotatable bonds is 7. The standard InChI is InChI=1S/C53H69N8O7Si/c1-7-60-43-16-15-36-24-41(43)52(5)47(46(66-6)45-40(48(52)60)25-38(27-54-45)59-20-19-57-21-22-67-31-39(57)30-59)51(3,4)32-68-49(64)42-14-10-18-61(56-42)50(65)53(69,26-34-11-8-12-35(36)23-34)55-28-44(63)37-13-9-17-58(29-37)33(2)62/h8,11-12,15-16,23-25,27,37,39,42,46-48,55-56H,7,9-10,13-14,17-22,26,28-32H2,1-6H3/t37-,39+,42+,46-,47?,48?,52?,53-/m1/s1. The molecule has 3 aromatic rings. The molecular formula is C53H69N8O7Si. The molecule has 6 aliphatic heterocycles. The minimum Gasteiger partial charge on any atom is -0.464 e. The van der Waals surface area contributed by atoms with Crippen molar-refractivity contribution in [3.63, 3.8) is 0 Å². The predicted molar refractivity (Wildman–Crippen MR) is 264 cm³/mol. The highest BCUT2D eigenvalue weighted by Gasteiger charge is 2.63. The summed E-state index contributed by atoms with van der Waals surface area (Å²) < 4.78 is 19.0. The van der Waals surface area contributed by atoms with E-state index in [0.717, 1.165) is 91.7 Å². The molecule has 7 aliphatic rings. The molecular weight excluding hydrogens is 889 g/mol. The number of ether oxygens (including phenoxy) is 3. The van der Waals surface area contributed by atoms with E-state index in [-0.39, 0.29) is 55.0 Å². The number of piperidine rings is 1. The number of hydrogen-bond donors (Lipinski definition) is 2. The lowest BCUT2D eigenvalue weighted by Crippen LogP contribution is -2.66. The minimum atomic E-state index is -1.42. The molecule has 2 amide bonds. The van der Waals surface area contributed by atoms with Crippen LogP contribution in [0.1, 0.15) is 94.8 Å². The lowest BCUT2D eigenvalue weighted by Gasteiger charge is -2.55. The summed E-state index contributed by atoms with van der Waals surface area (Å²) in [7, 11) is 5.72. The Kier molecular flexibility index (Phi) is 13.1. The number of fused-ring (bicyclic) bond motifs is 9. The zero-order chi connectivity index (χ0) is 48.4. The maximum absolute atomic E-state index is 14.9. The van der Waals surface area contributed by atoms with Gasteiger partial charge in [0.1, 0.15) is 12.1 Å². The van der Waals surface area contributed by atoms with Crippen molar-refractivity contribution in [3.05, 3.63) is 77.1 Å². The van der Waals surface area contributed by atoms with E-state index in [4.69, 9.17) is 19.2 Å². The number of nitrogens with zero attached hydrogens (tertiary/aromatic N) is 6. The third kappa shape index (κ3) is 8.60. The van der Waals surface area contributed by atoms with Crippen LogP contribution in [0.3, 0.4) is 0 Å². The summed E-state index contributed by atoms with van der Waals surface area (Å²) in [4.78, 5) is 69.9. The van der Waals surface area contributed by atoms with Gasteiger partial charge in [-0.3, -0.25) is 39.4 Å². The summed E-state index contributed by atoms with van der Waals surface area (Å²) in [5, 5.41) is 3.43. The fourth-order valence-electron chi connectivity index (χ4n) is 13.3. The van der Waals surface area contributed by atoms with Crippen molar-refractivity contribution in [2.75, 3.05) is 95.6 Å². The van der Waals surface area contributed by atoms with E-state index in [0.29, 0.717) is 44.9 Å². The van der Waals surface area contributed by atoms with E-state index in [2.05, 4.69) is 99.8 Å². The fraction of sp³-hybridized carbons (Fsp3) is 0.604. The topological polar surface area (TPSA) is 149 Å². The highest BCUT2D eigenvalue weighted by Crippen LogP contribution is 2.67. The van der Waals surface area contributed by atoms with Crippen LogP contribution < -0.4 is 20.5 Å². The lowest BCUT2D eigenvalue weighted by atomic mass is 9.53. The number of aromatic nitrogens is 1. The molecule has 2 N–H and O–H groups in total. The maximum Gasteiger partial charge on any atom is 0.324 e. The number of benzene rings is 2. The Morgan fingerprint density at radius 2 is 1.80 bits per heavy atom. The van der Waals surface area contributed by atoms with Crippen LogP contribution in [-0.4, -0.2) is 157 Å². The molecule has 1 aromatic heterocycles. The summed E-state index contributed by atoms with van der Waals surface area (Å²) in [5.74, 6) is -1.38. The highest BCUT2D eigenvalue weighted by atomic mass is 28.1. The number of nitrogens with one attached hydrogen (secondary N) is 2. The van der Waals surface area contributed by atoms with Crippen molar-refractivity contribution in [3.8, 4) is 11.1 Å². The number of carbonyl (C=O) groups excluding carboxylic acids is 4. The van der Waals surface area contributed by atoms with Gasteiger partial charge in [-0.1, -0.05) is 51.1 Å². The van der Waals surface area contributed by atoms with E-state index in [1.807, 2.05) is 18.3 Å². The highest BCUT2D eigenvalue weighted by molar-refractivity contribution is 6.28. The minimum absolute atomic E-state index is 0.0435. The smallest absolute Gasteiger partial charge is 0.324 e. The Bertz CT molecular complexity index is 2490. The van der Waals surface area contributed by atoms with E-state index in [1.54, 1.807) is 12.0 Å². The van der Waals surface area contributed by atoms with Crippen molar-refractivity contribution in [1.82, 2.24) is 30.5 Å². The molecule has 8 atom stereocenters. The normalized spacial score (nSPS) is 31.3. The van der Waals surface area contributed by atoms with Crippen LogP contribution in [0.2, 0.25) is 0 Å². The van der Waals surface area contributed by atoms with Crippen LogP contribution in [0, 0.1) is 17.3 Å². The van der Waals surface area contributed by atoms with Gasteiger partial charge in [-0.2, -0.15) is 0 Å². The molecule has 10 rings (SSSR count). The SMILES string of the molecule is CCN1c2ccc3cc2C2(C)C1c1cc(N4CCN5CCOC[C@@H]5C4)cnc1[C@@H](OC)C2C(C)(C)COC(=O)[C@@H]1CCCN(N1)C(=O)[C@@]([Si])(NCC(=O)[C@@H]1CCCN(C(C)=O)C1)Cc1cccc-3c1. The molecule has 7 heterocycles. The molecule has 3 unspecified atom stereocenters. The summed E-state index contributed by atoms with van der Waals surface area (Å²) in [6, 6.07) is 17.0. The number of esters is 1. The third-order valence-corrected chi connectivity index (χ3v) is 17.3. The Balaban J connectivity index is 1.06. The van der Waals surface area contributed by atoms with E-state index in [9.17, 15) is 19.2 Å². The van der Waals surface area contributed by atoms with Crippen molar-refractivity contribution >= 4 is 45.2 Å². The molecule has 367 valence electrons. The number of anilines is 2. The van der Waals surface area contributed by atoms with Gasteiger partial charge >= 0.3 is 5.97 Å². The molecule has 4 fully saturated rings. The molecule has 0 saturated carbocycles. The van der Waals surface area contributed by atoms with Gasteiger partial charge < -0.3 is 28.9 Å². The van der Waals surface area contributed by atoms with Crippen LogP contribution in [0.15, 0.2) is 54.7 Å².